The fourth-order valence-electron chi connectivity index (χ4n) is 14.3. The number of pyridine rings is 2. The molecule has 0 saturated carbocycles. The molecule has 2 amide bonds. The van der Waals surface area contributed by atoms with Gasteiger partial charge in [-0.1, -0.05) is 58.0 Å². The van der Waals surface area contributed by atoms with Crippen molar-refractivity contribution in [3.63, 3.8) is 0 Å². The number of amides is 2. The standard InChI is InChI=1S/C68H86F6N10O6/c1-43-33-81(37-59(85)83-39-65(3,4)61-57(83)28-47(63(87)77-61)26-45-10-14-51(69)15-11-45)53(31-75-43)35-79-22-18-49(19-23-79)67(71,72)41-89-55-8-7-9-56(30-55)90-42-68(73,74)50-20-24-80(25-21-50)36-54-32-76-44(2)34-82(54)38-60(86)84-40-66(5,6)62-58(84)29-48(64(88)78-62)27-46-12-16-52(70)17-13-46/h7-17,28-30,43-44,49-50,53-54,75-76H,18-27,31-42H2,1-6H3,(H,77,87)(H,78,88)/t43-,44-,53-,54-/m1/s1. The van der Waals surface area contributed by atoms with Gasteiger partial charge in [-0.15, -0.1) is 0 Å². The minimum Gasteiger partial charge on any atom is -0.487 e. The molecule has 11 rings (SSSR count). The Balaban J connectivity index is 0.624. The van der Waals surface area contributed by atoms with E-state index in [-0.39, 0.29) is 122 Å². The van der Waals surface area contributed by atoms with Gasteiger partial charge in [-0.25, -0.2) is 26.3 Å². The second-order valence-corrected chi connectivity index (χ2v) is 27.6. The minimum absolute atomic E-state index is 0.0607. The zero-order valence-corrected chi connectivity index (χ0v) is 52.5. The van der Waals surface area contributed by atoms with Gasteiger partial charge in [0.1, 0.15) is 23.1 Å². The normalized spacial score (nSPS) is 23.0. The van der Waals surface area contributed by atoms with Crippen LogP contribution in [0.25, 0.3) is 0 Å². The maximum absolute atomic E-state index is 16.0. The number of fused-ring (bicyclic) bond motifs is 2. The van der Waals surface area contributed by atoms with Gasteiger partial charge in [-0.05, 0) is 125 Å². The number of rotatable bonds is 20. The molecule has 0 unspecified atom stereocenters. The van der Waals surface area contributed by atoms with Gasteiger partial charge in [0.25, 0.3) is 23.0 Å². The van der Waals surface area contributed by atoms with Gasteiger partial charge in [0, 0.05) is 141 Å². The van der Waals surface area contributed by atoms with Crippen LogP contribution in [0.3, 0.4) is 0 Å². The Morgan fingerprint density at radius 1 is 0.567 bits per heavy atom. The van der Waals surface area contributed by atoms with E-state index >= 15 is 17.6 Å². The molecular formula is C68H86F6N10O6. The number of aromatic amines is 2. The first-order valence-corrected chi connectivity index (χ1v) is 31.9. The van der Waals surface area contributed by atoms with Gasteiger partial charge < -0.3 is 49.7 Å². The number of carbonyl (C=O) groups is 2. The van der Waals surface area contributed by atoms with E-state index in [1.807, 2.05) is 27.7 Å². The Hall–Kier alpha value is -6.56. The van der Waals surface area contributed by atoms with Crippen LogP contribution in [0, 0.1) is 23.5 Å². The summed E-state index contributed by atoms with van der Waals surface area (Å²) in [5.74, 6) is -8.97. The summed E-state index contributed by atoms with van der Waals surface area (Å²) in [6.45, 7) is 16.8. The molecule has 90 heavy (non-hydrogen) atoms. The Bertz CT molecular complexity index is 3250. The van der Waals surface area contributed by atoms with Crippen molar-refractivity contribution in [3.05, 3.63) is 151 Å². The fourth-order valence-corrected chi connectivity index (χ4v) is 14.3. The van der Waals surface area contributed by atoms with Crippen molar-refractivity contribution < 1.29 is 45.4 Å². The summed E-state index contributed by atoms with van der Waals surface area (Å²) in [5.41, 5.74) is 3.73. The minimum atomic E-state index is -3.17. The van der Waals surface area contributed by atoms with Crippen molar-refractivity contribution in [2.75, 3.05) is 115 Å². The van der Waals surface area contributed by atoms with Crippen LogP contribution < -0.4 is 41.0 Å². The van der Waals surface area contributed by atoms with Crippen LogP contribution in [0.5, 0.6) is 11.5 Å². The molecule has 3 aromatic carbocycles. The average molecular weight is 1250 g/mol. The molecule has 4 fully saturated rings. The number of hydrogen-bond donors (Lipinski definition) is 4. The molecule has 486 valence electrons. The van der Waals surface area contributed by atoms with Crippen molar-refractivity contribution in [2.45, 2.75) is 127 Å². The van der Waals surface area contributed by atoms with Crippen LogP contribution in [-0.2, 0) is 33.3 Å². The summed E-state index contributed by atoms with van der Waals surface area (Å²) in [4.78, 5) is 73.5. The molecule has 0 spiro atoms. The second-order valence-electron chi connectivity index (χ2n) is 27.6. The van der Waals surface area contributed by atoms with E-state index in [0.29, 0.717) is 112 Å². The summed E-state index contributed by atoms with van der Waals surface area (Å²) in [7, 11) is 0. The predicted octanol–water partition coefficient (Wildman–Crippen LogP) is 7.95. The lowest BCUT2D eigenvalue weighted by Crippen LogP contribution is -2.61. The highest BCUT2D eigenvalue weighted by molar-refractivity contribution is 5.98. The van der Waals surface area contributed by atoms with Gasteiger partial charge in [-0.3, -0.25) is 29.0 Å². The average Bonchev–Trinajstić information content (AvgIpc) is 1.62. The third kappa shape index (κ3) is 15.0. The van der Waals surface area contributed by atoms with E-state index in [4.69, 9.17) is 9.47 Å². The molecule has 6 aliphatic rings. The molecule has 8 heterocycles. The molecule has 0 radical (unpaired) electrons. The van der Waals surface area contributed by atoms with Gasteiger partial charge >= 0.3 is 0 Å². The second kappa shape index (κ2) is 26.6. The lowest BCUT2D eigenvalue weighted by molar-refractivity contribution is -0.122. The van der Waals surface area contributed by atoms with E-state index in [1.54, 1.807) is 46.2 Å². The third-order valence-electron chi connectivity index (χ3n) is 19.6. The monoisotopic (exact) mass is 1250 g/mol. The zero-order valence-electron chi connectivity index (χ0n) is 52.5. The number of anilines is 2. The fraction of sp³-hybridized carbons (Fsp3) is 0.559. The maximum Gasteiger partial charge on any atom is 0.284 e. The smallest absolute Gasteiger partial charge is 0.284 e. The number of nitrogens with one attached hydrogen (secondary N) is 4. The summed E-state index contributed by atoms with van der Waals surface area (Å²) in [5, 5.41) is 7.07. The van der Waals surface area contributed by atoms with E-state index in [1.165, 1.54) is 48.5 Å². The topological polar surface area (TPSA) is 162 Å². The largest absolute Gasteiger partial charge is 0.487 e. The zero-order chi connectivity index (χ0) is 63.9. The van der Waals surface area contributed by atoms with E-state index in [9.17, 15) is 28.0 Å². The van der Waals surface area contributed by atoms with E-state index < -0.39 is 47.7 Å². The van der Waals surface area contributed by atoms with Gasteiger partial charge in [0.15, 0.2) is 13.2 Å². The molecule has 22 heteroatoms. The van der Waals surface area contributed by atoms with Crippen molar-refractivity contribution in [1.82, 2.24) is 40.2 Å². The number of alkyl halides is 4. The summed E-state index contributed by atoms with van der Waals surface area (Å²) in [6, 6.07) is 21.6. The first-order valence-electron chi connectivity index (χ1n) is 31.9. The molecule has 6 aliphatic heterocycles. The first-order chi connectivity index (χ1) is 42.7. The highest BCUT2D eigenvalue weighted by Crippen LogP contribution is 2.42. The van der Waals surface area contributed by atoms with Crippen LogP contribution in [0.2, 0.25) is 0 Å². The van der Waals surface area contributed by atoms with E-state index in [0.717, 1.165) is 11.1 Å². The van der Waals surface area contributed by atoms with Crippen molar-refractivity contribution in [3.8, 4) is 11.5 Å². The molecule has 0 aliphatic carbocycles. The molecule has 5 aromatic rings. The molecule has 0 bridgehead atoms. The Labute approximate surface area is 522 Å². The molecule has 2 aromatic heterocycles. The summed E-state index contributed by atoms with van der Waals surface area (Å²) < 4.78 is 102. The Kier molecular flexibility index (Phi) is 19.2. The molecular weight excluding hydrogens is 1170 g/mol. The van der Waals surface area contributed by atoms with Gasteiger partial charge in [0.05, 0.1) is 24.5 Å². The van der Waals surface area contributed by atoms with Crippen LogP contribution in [0.4, 0.5) is 37.7 Å². The first kappa shape index (κ1) is 65.0. The quantitative estimate of drug-likeness (QED) is 0.0558. The van der Waals surface area contributed by atoms with Crippen LogP contribution in [-0.4, -0.2) is 182 Å². The number of piperidine rings is 2. The Morgan fingerprint density at radius 2 is 0.944 bits per heavy atom. The molecule has 4 N–H and O–H groups in total. The number of nitrogens with zero attached hydrogens (tertiary/aromatic N) is 6. The number of likely N-dealkylation sites (tertiary alicyclic amines) is 2. The van der Waals surface area contributed by atoms with Crippen LogP contribution >= 0.6 is 0 Å². The van der Waals surface area contributed by atoms with Crippen molar-refractivity contribution in [1.29, 1.82) is 0 Å². The number of H-pyrrole nitrogens is 2. The molecule has 4 atom stereocenters. The van der Waals surface area contributed by atoms with Crippen LogP contribution in [0.1, 0.15) is 101 Å². The SMILES string of the molecule is C[C@@H]1CN(CC(=O)N2CC(C)(C)c3[nH]c(=O)c(Cc4ccc(F)cc4)cc32)[C@@H](CN2CCC(C(F)(F)COc3cccc(OCC(F)(F)C4CCN(C[C@H]5CN[C@H](C)CN5CC(=O)N5CC(C)(C)c6[nH]c(=O)c(Cc7ccc(F)cc7)cc65)CC4)c3)CC2)CN1. The predicted molar refractivity (Wildman–Crippen MR) is 335 cm³/mol. The number of carbonyl (C=O) groups excluding carboxylic acids is 2. The molecule has 16 nitrogen and oxygen atoms in total. The number of halogens is 6. The third-order valence-corrected chi connectivity index (χ3v) is 19.6. The summed E-state index contributed by atoms with van der Waals surface area (Å²) in [6.07, 6.45) is 1.51. The number of hydrogen-bond acceptors (Lipinski definition) is 12. The lowest BCUT2D eigenvalue weighted by Gasteiger charge is -2.43. The van der Waals surface area contributed by atoms with Crippen LogP contribution in [0.15, 0.2) is 94.5 Å². The molecule has 4 saturated heterocycles. The van der Waals surface area contributed by atoms with E-state index in [2.05, 4.69) is 54.0 Å². The van der Waals surface area contributed by atoms with Gasteiger partial charge in [0.2, 0.25) is 11.8 Å². The highest BCUT2D eigenvalue weighted by atomic mass is 19.3. The van der Waals surface area contributed by atoms with Crippen molar-refractivity contribution >= 4 is 23.2 Å². The van der Waals surface area contributed by atoms with Gasteiger partial charge in [-0.2, -0.15) is 0 Å². The number of ether oxygens (including phenoxy) is 2. The highest BCUT2D eigenvalue weighted by Gasteiger charge is 2.46. The maximum atomic E-state index is 16.0. The summed E-state index contributed by atoms with van der Waals surface area (Å²) >= 11 is 0. The van der Waals surface area contributed by atoms with Crippen molar-refractivity contribution in [2.24, 2.45) is 11.8 Å². The Morgan fingerprint density at radius 3 is 1.32 bits per heavy atom. The number of benzene rings is 3. The lowest BCUT2D eigenvalue weighted by atomic mass is 9.90. The number of piperazine rings is 2. The number of aromatic nitrogens is 2.